The lowest BCUT2D eigenvalue weighted by Crippen LogP contribution is -2.54. The Labute approximate surface area is 143 Å². The Morgan fingerprint density at radius 3 is 2.48 bits per heavy atom. The Balaban J connectivity index is 1.57. The van der Waals surface area contributed by atoms with Crippen LogP contribution in [0.3, 0.4) is 0 Å². The molecule has 0 spiro atoms. The van der Waals surface area contributed by atoms with Crippen LogP contribution in [0.15, 0.2) is 18.2 Å². The van der Waals surface area contributed by atoms with Gasteiger partial charge in [-0.1, -0.05) is 6.07 Å². The molecule has 2 fully saturated rings. The molecule has 2 heterocycles. The van der Waals surface area contributed by atoms with Gasteiger partial charge in [0.1, 0.15) is 5.82 Å². The van der Waals surface area contributed by atoms with E-state index < -0.39 is 17.6 Å². The minimum atomic E-state index is -4.72. The zero-order valence-electron chi connectivity index (χ0n) is 13.8. The molecular formula is C18H21F4NO2. The molecule has 0 amide bonds. The summed E-state index contributed by atoms with van der Waals surface area (Å²) in [4.78, 5) is 14.6. The van der Waals surface area contributed by atoms with Crippen molar-refractivity contribution in [3.8, 4) is 0 Å². The van der Waals surface area contributed by atoms with Crippen LogP contribution in [0.2, 0.25) is 0 Å². The number of hydrogen-bond acceptors (Lipinski definition) is 3. The summed E-state index contributed by atoms with van der Waals surface area (Å²) in [5, 5.41) is 0. The van der Waals surface area contributed by atoms with Crippen LogP contribution in [0.4, 0.5) is 17.6 Å². The van der Waals surface area contributed by atoms with Gasteiger partial charge in [0, 0.05) is 32.7 Å². The molecule has 2 aliphatic heterocycles. The third-order valence-electron chi connectivity index (χ3n) is 5.05. The molecule has 3 rings (SSSR count). The van der Waals surface area contributed by atoms with Gasteiger partial charge in [-0.05, 0) is 42.9 Å². The van der Waals surface area contributed by atoms with Gasteiger partial charge in [-0.15, -0.1) is 0 Å². The highest BCUT2D eigenvalue weighted by Crippen LogP contribution is 2.32. The number of ether oxygens (including phenoxy) is 1. The summed E-state index contributed by atoms with van der Waals surface area (Å²) in [7, 11) is 0. The fraction of sp³-hybridized carbons (Fsp3) is 0.611. The van der Waals surface area contributed by atoms with Crippen LogP contribution in [0.5, 0.6) is 0 Å². The number of halogens is 4. The fourth-order valence-electron chi connectivity index (χ4n) is 3.50. The third-order valence-corrected chi connectivity index (χ3v) is 5.05. The average Bonchev–Trinajstić information content (AvgIpc) is 2.51. The van der Waals surface area contributed by atoms with Crippen molar-refractivity contribution >= 4 is 5.78 Å². The number of nitrogens with zero attached hydrogens (tertiary/aromatic N) is 1. The van der Waals surface area contributed by atoms with Crippen molar-refractivity contribution in [1.82, 2.24) is 4.90 Å². The molecule has 2 aliphatic rings. The first-order valence-corrected chi connectivity index (χ1v) is 8.54. The highest BCUT2D eigenvalue weighted by Gasteiger charge is 2.36. The molecule has 1 atom stereocenters. The van der Waals surface area contributed by atoms with Gasteiger partial charge in [0.2, 0.25) is 0 Å². The number of likely N-dealkylation sites (tertiary alicyclic amines) is 1. The van der Waals surface area contributed by atoms with E-state index in [1.807, 2.05) is 0 Å². The maximum atomic E-state index is 13.6. The van der Waals surface area contributed by atoms with Gasteiger partial charge in [0.25, 0.3) is 0 Å². The van der Waals surface area contributed by atoms with Crippen LogP contribution >= 0.6 is 0 Å². The number of carbonyl (C=O) groups is 1. The average molecular weight is 359 g/mol. The first-order valence-electron chi connectivity index (χ1n) is 8.54. The maximum Gasteiger partial charge on any atom is 0.419 e. The zero-order valence-corrected chi connectivity index (χ0v) is 13.8. The van der Waals surface area contributed by atoms with E-state index in [0.717, 1.165) is 51.6 Å². The summed E-state index contributed by atoms with van der Waals surface area (Å²) in [5.41, 5.74) is -1.01. The predicted octanol–water partition coefficient (Wildman–Crippen LogP) is 3.46. The second-order valence-electron chi connectivity index (χ2n) is 6.81. The molecular weight excluding hydrogens is 338 g/mol. The van der Waals surface area contributed by atoms with Gasteiger partial charge >= 0.3 is 6.18 Å². The SMILES string of the molecule is O=C(Cc1ccc(C(F)(F)F)c(F)c1)[C@@H]1CCN1CC1CCOCC1. The summed E-state index contributed by atoms with van der Waals surface area (Å²) >= 11 is 0. The molecule has 25 heavy (non-hydrogen) atoms. The quantitative estimate of drug-likeness (QED) is 0.754. The second-order valence-corrected chi connectivity index (χ2v) is 6.81. The summed E-state index contributed by atoms with van der Waals surface area (Å²) in [5.74, 6) is -0.865. The lowest BCUT2D eigenvalue weighted by Gasteiger charge is -2.42. The molecule has 0 radical (unpaired) electrons. The van der Waals surface area contributed by atoms with Gasteiger partial charge in [-0.25, -0.2) is 4.39 Å². The van der Waals surface area contributed by atoms with Crippen molar-refractivity contribution in [2.45, 2.75) is 37.9 Å². The maximum absolute atomic E-state index is 13.6. The van der Waals surface area contributed by atoms with E-state index in [9.17, 15) is 22.4 Å². The molecule has 1 aromatic rings. The second kappa shape index (κ2) is 7.41. The van der Waals surface area contributed by atoms with E-state index in [0.29, 0.717) is 12.0 Å². The number of rotatable bonds is 5. The molecule has 0 aliphatic carbocycles. The van der Waals surface area contributed by atoms with Gasteiger partial charge in [-0.2, -0.15) is 13.2 Å². The zero-order chi connectivity index (χ0) is 18.0. The lowest BCUT2D eigenvalue weighted by molar-refractivity contribution is -0.140. The van der Waals surface area contributed by atoms with E-state index in [1.54, 1.807) is 0 Å². The molecule has 1 aromatic carbocycles. The normalized spacial score (nSPS) is 22.6. The van der Waals surface area contributed by atoms with Crippen LogP contribution in [0, 0.1) is 11.7 Å². The molecule has 138 valence electrons. The minimum Gasteiger partial charge on any atom is -0.381 e. The molecule has 0 bridgehead atoms. The standard InChI is InChI=1S/C18H21F4NO2/c19-15-9-13(1-2-14(15)18(20,21)22)10-17(24)16-3-6-23(16)11-12-4-7-25-8-5-12/h1-2,9,12,16H,3-8,10-11H2/t16-/m0/s1. The van der Waals surface area contributed by atoms with Crippen molar-refractivity contribution in [3.63, 3.8) is 0 Å². The largest absolute Gasteiger partial charge is 0.419 e. The highest BCUT2D eigenvalue weighted by atomic mass is 19.4. The van der Waals surface area contributed by atoms with Crippen molar-refractivity contribution in [2.75, 3.05) is 26.3 Å². The minimum absolute atomic E-state index is 0.0377. The third kappa shape index (κ3) is 4.39. The Morgan fingerprint density at radius 1 is 1.20 bits per heavy atom. The lowest BCUT2D eigenvalue weighted by atomic mass is 9.90. The Hall–Kier alpha value is -1.47. The Morgan fingerprint density at radius 2 is 1.92 bits per heavy atom. The van der Waals surface area contributed by atoms with E-state index >= 15 is 0 Å². The number of benzene rings is 1. The van der Waals surface area contributed by atoms with Crippen LogP contribution in [0.25, 0.3) is 0 Å². The highest BCUT2D eigenvalue weighted by molar-refractivity contribution is 5.86. The van der Waals surface area contributed by atoms with Crippen LogP contribution in [-0.4, -0.2) is 43.0 Å². The van der Waals surface area contributed by atoms with Crippen LogP contribution in [-0.2, 0) is 22.1 Å². The fourth-order valence-corrected chi connectivity index (χ4v) is 3.50. The van der Waals surface area contributed by atoms with E-state index in [4.69, 9.17) is 4.74 Å². The first kappa shape index (κ1) is 18.3. The summed E-state index contributed by atoms with van der Waals surface area (Å²) in [6.07, 6.45) is -2.03. The molecule has 3 nitrogen and oxygen atoms in total. The molecule has 2 saturated heterocycles. The predicted molar refractivity (Wildman–Crippen MR) is 83.6 cm³/mol. The number of ketones is 1. The Bertz CT molecular complexity index is 626. The van der Waals surface area contributed by atoms with Crippen molar-refractivity contribution < 1.29 is 27.1 Å². The van der Waals surface area contributed by atoms with Gasteiger partial charge < -0.3 is 4.74 Å². The van der Waals surface area contributed by atoms with Crippen molar-refractivity contribution in [3.05, 3.63) is 35.1 Å². The molecule has 0 N–H and O–H groups in total. The number of alkyl halides is 3. The Kier molecular flexibility index (Phi) is 5.43. The van der Waals surface area contributed by atoms with Gasteiger partial charge in [0.05, 0.1) is 11.6 Å². The van der Waals surface area contributed by atoms with Crippen LogP contribution in [0.1, 0.15) is 30.4 Å². The molecule has 0 saturated carbocycles. The summed E-state index contributed by atoms with van der Waals surface area (Å²) in [6.45, 7) is 3.21. The number of Topliss-reactive ketones (excluding diaryl/α,β-unsaturated/α-hetero) is 1. The number of hydrogen-bond donors (Lipinski definition) is 0. The summed E-state index contributed by atoms with van der Waals surface area (Å²) in [6, 6.07) is 2.51. The number of carbonyl (C=O) groups excluding carboxylic acids is 1. The molecule has 0 unspecified atom stereocenters. The summed E-state index contributed by atoms with van der Waals surface area (Å²) < 4.78 is 56.7. The molecule has 7 heteroatoms. The monoisotopic (exact) mass is 359 g/mol. The smallest absolute Gasteiger partial charge is 0.381 e. The van der Waals surface area contributed by atoms with E-state index in [2.05, 4.69) is 4.90 Å². The van der Waals surface area contributed by atoms with E-state index in [-0.39, 0.29) is 23.8 Å². The van der Waals surface area contributed by atoms with E-state index in [1.165, 1.54) is 6.07 Å². The van der Waals surface area contributed by atoms with Crippen LogP contribution < -0.4 is 0 Å². The van der Waals surface area contributed by atoms with Crippen molar-refractivity contribution in [2.24, 2.45) is 5.92 Å². The first-order chi connectivity index (χ1) is 11.8. The topological polar surface area (TPSA) is 29.5 Å². The van der Waals surface area contributed by atoms with Gasteiger partial charge in [-0.3, -0.25) is 9.69 Å². The van der Waals surface area contributed by atoms with Crippen molar-refractivity contribution in [1.29, 1.82) is 0 Å². The molecule has 0 aromatic heterocycles. The van der Waals surface area contributed by atoms with Gasteiger partial charge in [0.15, 0.2) is 5.78 Å².